The maximum absolute atomic E-state index is 4.18. The van der Waals surface area contributed by atoms with Crippen molar-refractivity contribution in [2.45, 2.75) is 58.0 Å². The Morgan fingerprint density at radius 1 is 1.40 bits per heavy atom. The predicted molar refractivity (Wildman–Crippen MR) is 63.0 cm³/mol. The fourth-order valence-electron chi connectivity index (χ4n) is 2.15. The van der Waals surface area contributed by atoms with Crippen LogP contribution in [0.4, 0.5) is 0 Å². The van der Waals surface area contributed by atoms with Crippen LogP contribution >= 0.6 is 11.5 Å². The van der Waals surface area contributed by atoms with E-state index in [9.17, 15) is 0 Å². The normalized spacial score (nSPS) is 17.4. The summed E-state index contributed by atoms with van der Waals surface area (Å²) in [6, 6.07) is 0.738. The van der Waals surface area contributed by atoms with Crippen LogP contribution in [0.25, 0.3) is 0 Å². The summed E-state index contributed by atoms with van der Waals surface area (Å²) < 4.78 is 4.04. The number of nitrogens with zero attached hydrogens (tertiary/aromatic N) is 2. The van der Waals surface area contributed by atoms with E-state index in [4.69, 9.17) is 0 Å². The molecule has 0 aromatic carbocycles. The molecule has 0 saturated heterocycles. The Bertz CT molecular complexity index is 292. The molecule has 0 radical (unpaired) electrons. The molecule has 0 bridgehead atoms. The zero-order valence-corrected chi connectivity index (χ0v) is 10.1. The minimum Gasteiger partial charge on any atom is -0.309 e. The molecule has 15 heavy (non-hydrogen) atoms. The molecule has 3 nitrogen and oxygen atoms in total. The molecule has 2 rings (SSSR count). The Labute approximate surface area is 95.4 Å². The van der Waals surface area contributed by atoms with E-state index >= 15 is 0 Å². The molecule has 0 aliphatic heterocycles. The van der Waals surface area contributed by atoms with Gasteiger partial charge in [0, 0.05) is 12.6 Å². The van der Waals surface area contributed by atoms with Gasteiger partial charge in [-0.2, -0.15) is 0 Å². The average Bonchev–Trinajstić information content (AvgIpc) is 2.85. The van der Waals surface area contributed by atoms with Gasteiger partial charge in [0.15, 0.2) is 0 Å². The number of rotatable bonds is 5. The van der Waals surface area contributed by atoms with Crippen molar-refractivity contribution in [1.29, 1.82) is 0 Å². The van der Waals surface area contributed by atoms with Gasteiger partial charge in [-0.3, -0.25) is 0 Å². The van der Waals surface area contributed by atoms with Crippen molar-refractivity contribution in [2.75, 3.05) is 0 Å². The summed E-state index contributed by atoms with van der Waals surface area (Å²) in [5.74, 6) is 0. The Balaban J connectivity index is 1.83. The smallest absolute Gasteiger partial charge is 0.0800 e. The number of aryl methyl sites for hydroxylation is 1. The van der Waals surface area contributed by atoms with Crippen LogP contribution in [0.5, 0.6) is 0 Å². The molecule has 1 saturated carbocycles. The van der Waals surface area contributed by atoms with E-state index in [0.29, 0.717) is 0 Å². The SMILES string of the molecule is CCCc1nnsc1CNC1CCCC1. The molecule has 0 unspecified atom stereocenters. The van der Waals surface area contributed by atoms with E-state index in [0.717, 1.165) is 25.4 Å². The van der Waals surface area contributed by atoms with Crippen LogP contribution in [0, 0.1) is 0 Å². The van der Waals surface area contributed by atoms with Gasteiger partial charge in [0.2, 0.25) is 0 Å². The quantitative estimate of drug-likeness (QED) is 0.836. The van der Waals surface area contributed by atoms with Crippen molar-refractivity contribution >= 4 is 11.5 Å². The second-order valence-corrected chi connectivity index (χ2v) is 5.09. The van der Waals surface area contributed by atoms with E-state index in [1.165, 1.54) is 36.3 Å². The first kappa shape index (κ1) is 11.0. The minimum atomic E-state index is 0.738. The van der Waals surface area contributed by atoms with Crippen molar-refractivity contribution in [1.82, 2.24) is 14.9 Å². The van der Waals surface area contributed by atoms with Crippen molar-refractivity contribution in [3.05, 3.63) is 10.6 Å². The summed E-state index contributed by atoms with van der Waals surface area (Å²) in [6.07, 6.45) is 7.69. The molecule has 1 N–H and O–H groups in total. The summed E-state index contributed by atoms with van der Waals surface area (Å²) in [4.78, 5) is 1.34. The summed E-state index contributed by atoms with van der Waals surface area (Å²) in [5, 5.41) is 7.79. The minimum absolute atomic E-state index is 0.738. The number of aromatic nitrogens is 2. The first-order valence-electron chi connectivity index (χ1n) is 5.93. The van der Waals surface area contributed by atoms with Crippen LogP contribution < -0.4 is 5.32 Å². The van der Waals surface area contributed by atoms with E-state index in [-0.39, 0.29) is 0 Å². The maximum Gasteiger partial charge on any atom is 0.0800 e. The second-order valence-electron chi connectivity index (χ2n) is 4.26. The Hall–Kier alpha value is -0.480. The molecule has 1 fully saturated rings. The summed E-state index contributed by atoms with van der Waals surface area (Å²) >= 11 is 1.55. The van der Waals surface area contributed by atoms with E-state index in [1.54, 1.807) is 11.5 Å². The molecule has 0 atom stereocenters. The maximum atomic E-state index is 4.18. The van der Waals surface area contributed by atoms with Gasteiger partial charge in [-0.15, -0.1) is 5.10 Å². The van der Waals surface area contributed by atoms with Gasteiger partial charge in [0.1, 0.15) is 0 Å². The molecular formula is C11H19N3S. The van der Waals surface area contributed by atoms with Crippen molar-refractivity contribution in [2.24, 2.45) is 0 Å². The van der Waals surface area contributed by atoms with Crippen molar-refractivity contribution in [3.63, 3.8) is 0 Å². The van der Waals surface area contributed by atoms with Gasteiger partial charge in [-0.25, -0.2) is 0 Å². The Morgan fingerprint density at radius 2 is 2.20 bits per heavy atom. The largest absolute Gasteiger partial charge is 0.309 e. The predicted octanol–water partition coefficient (Wildman–Crippen LogP) is 2.52. The Kier molecular flexibility index (Phi) is 4.09. The lowest BCUT2D eigenvalue weighted by Crippen LogP contribution is -2.25. The first-order valence-corrected chi connectivity index (χ1v) is 6.71. The molecule has 1 aliphatic rings. The topological polar surface area (TPSA) is 37.8 Å². The lowest BCUT2D eigenvalue weighted by molar-refractivity contribution is 0.525. The van der Waals surface area contributed by atoms with Gasteiger partial charge in [-0.1, -0.05) is 30.7 Å². The molecule has 1 aromatic rings. The van der Waals surface area contributed by atoms with Gasteiger partial charge < -0.3 is 5.32 Å². The summed E-state index contributed by atoms with van der Waals surface area (Å²) in [5.41, 5.74) is 1.20. The molecular weight excluding hydrogens is 206 g/mol. The monoisotopic (exact) mass is 225 g/mol. The highest BCUT2D eigenvalue weighted by molar-refractivity contribution is 7.05. The van der Waals surface area contributed by atoms with Crippen molar-refractivity contribution in [3.8, 4) is 0 Å². The molecule has 1 heterocycles. The van der Waals surface area contributed by atoms with Crippen LogP contribution in [0.1, 0.15) is 49.6 Å². The number of hydrogen-bond donors (Lipinski definition) is 1. The van der Waals surface area contributed by atoms with Crippen LogP contribution in [0.15, 0.2) is 0 Å². The fraction of sp³-hybridized carbons (Fsp3) is 0.818. The van der Waals surface area contributed by atoms with Gasteiger partial charge in [-0.05, 0) is 30.8 Å². The third-order valence-electron chi connectivity index (χ3n) is 3.03. The molecule has 0 amide bonds. The summed E-state index contributed by atoms with van der Waals surface area (Å²) in [6.45, 7) is 3.16. The number of nitrogens with one attached hydrogen (secondary N) is 1. The number of hydrogen-bond acceptors (Lipinski definition) is 4. The fourth-order valence-corrected chi connectivity index (χ4v) is 2.79. The summed E-state index contributed by atoms with van der Waals surface area (Å²) in [7, 11) is 0. The molecule has 1 aliphatic carbocycles. The van der Waals surface area contributed by atoms with Gasteiger partial charge >= 0.3 is 0 Å². The van der Waals surface area contributed by atoms with E-state index in [2.05, 4.69) is 21.8 Å². The van der Waals surface area contributed by atoms with Crippen LogP contribution in [-0.2, 0) is 13.0 Å². The first-order chi connectivity index (χ1) is 7.40. The second kappa shape index (κ2) is 5.56. The van der Waals surface area contributed by atoms with Crippen LogP contribution in [0.2, 0.25) is 0 Å². The lowest BCUT2D eigenvalue weighted by Gasteiger charge is -2.10. The third kappa shape index (κ3) is 2.98. The lowest BCUT2D eigenvalue weighted by atomic mass is 10.2. The van der Waals surface area contributed by atoms with Crippen LogP contribution in [-0.4, -0.2) is 15.6 Å². The Morgan fingerprint density at radius 3 is 2.93 bits per heavy atom. The molecule has 84 valence electrons. The standard InChI is InChI=1S/C11H19N3S/c1-2-5-10-11(15-14-13-10)8-12-9-6-3-4-7-9/h9,12H,2-8H2,1H3. The highest BCUT2D eigenvalue weighted by Crippen LogP contribution is 2.19. The van der Waals surface area contributed by atoms with E-state index < -0.39 is 0 Å². The molecule has 4 heteroatoms. The zero-order valence-electron chi connectivity index (χ0n) is 9.33. The highest BCUT2D eigenvalue weighted by atomic mass is 32.1. The average molecular weight is 225 g/mol. The van der Waals surface area contributed by atoms with Gasteiger partial charge in [0.25, 0.3) is 0 Å². The molecule has 1 aromatic heterocycles. The van der Waals surface area contributed by atoms with Gasteiger partial charge in [0.05, 0.1) is 10.6 Å². The van der Waals surface area contributed by atoms with E-state index in [1.807, 2.05) is 0 Å². The highest BCUT2D eigenvalue weighted by Gasteiger charge is 2.15. The molecule has 0 spiro atoms. The zero-order chi connectivity index (χ0) is 10.5. The van der Waals surface area contributed by atoms with Crippen molar-refractivity contribution < 1.29 is 0 Å². The van der Waals surface area contributed by atoms with Crippen LogP contribution in [0.3, 0.4) is 0 Å². The third-order valence-corrected chi connectivity index (χ3v) is 3.79.